The zero-order valence-electron chi connectivity index (χ0n) is 11.5. The zero-order chi connectivity index (χ0) is 15.0. The van der Waals surface area contributed by atoms with E-state index in [4.69, 9.17) is 4.74 Å². The number of aromatic carboxylic acids is 1. The summed E-state index contributed by atoms with van der Waals surface area (Å²) in [4.78, 5) is 15.9. The number of aromatic nitrogens is 3. The van der Waals surface area contributed by atoms with Crippen molar-refractivity contribution >= 4 is 17.0 Å². The number of aryl methyl sites for hydroxylation is 1. The smallest absolute Gasteiger partial charge is 0.336 e. The van der Waals surface area contributed by atoms with Gasteiger partial charge in [-0.2, -0.15) is 5.10 Å². The van der Waals surface area contributed by atoms with Gasteiger partial charge in [-0.25, -0.2) is 9.78 Å². The highest BCUT2D eigenvalue weighted by atomic mass is 16.5. The third-order valence-corrected chi connectivity index (χ3v) is 3.32. The standard InChI is InChI=1S/C15H13N3O3/c1-8-13-10(15(19)20)7-11(16-14(13)18-17-8)9-5-3-4-6-12(9)21-2/h3-7H,1-2H3,(H,19,20)(H,16,17,18). The number of hydrogen-bond acceptors (Lipinski definition) is 4. The number of carbonyl (C=O) groups is 1. The molecule has 106 valence electrons. The van der Waals surface area contributed by atoms with Crippen LogP contribution in [0.4, 0.5) is 0 Å². The van der Waals surface area contributed by atoms with Crippen LogP contribution in [0, 0.1) is 6.92 Å². The van der Waals surface area contributed by atoms with Crippen LogP contribution in [0.1, 0.15) is 16.1 Å². The molecule has 2 N–H and O–H groups in total. The van der Waals surface area contributed by atoms with Gasteiger partial charge in [-0.1, -0.05) is 12.1 Å². The number of rotatable bonds is 3. The first-order valence-corrected chi connectivity index (χ1v) is 6.34. The Labute approximate surface area is 120 Å². The summed E-state index contributed by atoms with van der Waals surface area (Å²) in [6.07, 6.45) is 0. The maximum atomic E-state index is 11.5. The van der Waals surface area contributed by atoms with E-state index in [-0.39, 0.29) is 5.56 Å². The third kappa shape index (κ3) is 2.10. The normalized spacial score (nSPS) is 10.8. The fourth-order valence-corrected chi connectivity index (χ4v) is 2.34. The number of pyridine rings is 1. The lowest BCUT2D eigenvalue weighted by molar-refractivity contribution is 0.0699. The SMILES string of the molecule is COc1ccccc1-c1cc(C(=O)O)c2c(C)[nH]nc2n1. The monoisotopic (exact) mass is 283 g/mol. The van der Waals surface area contributed by atoms with Crippen LogP contribution in [0.2, 0.25) is 0 Å². The van der Waals surface area contributed by atoms with Crippen LogP contribution in [0.3, 0.4) is 0 Å². The number of benzene rings is 1. The van der Waals surface area contributed by atoms with Crippen LogP contribution < -0.4 is 4.74 Å². The number of fused-ring (bicyclic) bond motifs is 1. The Morgan fingerprint density at radius 1 is 1.33 bits per heavy atom. The minimum Gasteiger partial charge on any atom is -0.496 e. The van der Waals surface area contributed by atoms with Gasteiger partial charge in [-0.15, -0.1) is 0 Å². The van der Waals surface area contributed by atoms with Crippen LogP contribution in [-0.2, 0) is 0 Å². The molecule has 0 fully saturated rings. The molecule has 6 nitrogen and oxygen atoms in total. The number of aromatic amines is 1. The summed E-state index contributed by atoms with van der Waals surface area (Å²) in [7, 11) is 1.56. The van der Waals surface area contributed by atoms with E-state index in [0.717, 1.165) is 5.56 Å². The molecule has 0 saturated heterocycles. The summed E-state index contributed by atoms with van der Waals surface area (Å²) in [5, 5.41) is 16.8. The quantitative estimate of drug-likeness (QED) is 0.771. The Hall–Kier alpha value is -2.89. The number of nitrogens with one attached hydrogen (secondary N) is 1. The predicted molar refractivity (Wildman–Crippen MR) is 77.6 cm³/mol. The predicted octanol–water partition coefficient (Wildman–Crippen LogP) is 2.64. The van der Waals surface area contributed by atoms with Crippen molar-refractivity contribution in [1.29, 1.82) is 0 Å². The van der Waals surface area contributed by atoms with Crippen molar-refractivity contribution in [1.82, 2.24) is 15.2 Å². The summed E-state index contributed by atoms with van der Waals surface area (Å²) >= 11 is 0. The molecule has 0 radical (unpaired) electrons. The van der Waals surface area contributed by atoms with Crippen molar-refractivity contribution in [2.24, 2.45) is 0 Å². The Kier molecular flexibility index (Phi) is 3.06. The highest BCUT2D eigenvalue weighted by molar-refractivity contribution is 6.04. The van der Waals surface area contributed by atoms with E-state index < -0.39 is 5.97 Å². The first-order chi connectivity index (χ1) is 10.1. The number of nitrogens with zero attached hydrogens (tertiary/aromatic N) is 2. The van der Waals surface area contributed by atoms with Crippen molar-refractivity contribution in [3.63, 3.8) is 0 Å². The van der Waals surface area contributed by atoms with Gasteiger partial charge in [0.05, 0.1) is 23.8 Å². The number of H-pyrrole nitrogens is 1. The molecule has 3 rings (SSSR count). The molecule has 0 amide bonds. The lowest BCUT2D eigenvalue weighted by Gasteiger charge is -2.08. The Morgan fingerprint density at radius 2 is 2.10 bits per heavy atom. The van der Waals surface area contributed by atoms with Crippen LogP contribution >= 0.6 is 0 Å². The minimum absolute atomic E-state index is 0.173. The molecule has 0 bridgehead atoms. The topological polar surface area (TPSA) is 88.1 Å². The lowest BCUT2D eigenvalue weighted by Crippen LogP contribution is -2.00. The van der Waals surface area contributed by atoms with Gasteiger partial charge >= 0.3 is 5.97 Å². The molecule has 0 aliphatic heterocycles. The molecule has 0 atom stereocenters. The van der Waals surface area contributed by atoms with Gasteiger partial charge < -0.3 is 9.84 Å². The second kappa shape index (κ2) is 4.90. The van der Waals surface area contributed by atoms with Gasteiger partial charge in [0.25, 0.3) is 0 Å². The van der Waals surface area contributed by atoms with E-state index in [0.29, 0.717) is 28.2 Å². The zero-order valence-corrected chi connectivity index (χ0v) is 11.5. The molecule has 21 heavy (non-hydrogen) atoms. The minimum atomic E-state index is -1.01. The van der Waals surface area contributed by atoms with E-state index in [9.17, 15) is 9.90 Å². The number of methoxy groups -OCH3 is 1. The number of hydrogen-bond donors (Lipinski definition) is 2. The molecule has 0 saturated carbocycles. The fourth-order valence-electron chi connectivity index (χ4n) is 2.34. The summed E-state index contributed by atoms with van der Waals surface area (Å²) in [6, 6.07) is 8.87. The first-order valence-electron chi connectivity index (χ1n) is 6.34. The Bertz CT molecular complexity index is 839. The Morgan fingerprint density at radius 3 is 2.81 bits per heavy atom. The first kappa shape index (κ1) is 13.1. The van der Waals surface area contributed by atoms with Gasteiger partial charge in [-0.05, 0) is 25.1 Å². The molecule has 3 aromatic rings. The number of ether oxygens (including phenoxy) is 1. The van der Waals surface area contributed by atoms with Crippen molar-refractivity contribution in [2.45, 2.75) is 6.92 Å². The molecule has 0 unspecified atom stereocenters. The molecule has 0 aliphatic rings. The highest BCUT2D eigenvalue weighted by Gasteiger charge is 2.18. The van der Waals surface area contributed by atoms with Gasteiger partial charge in [-0.3, -0.25) is 5.10 Å². The van der Waals surface area contributed by atoms with E-state index in [1.165, 1.54) is 0 Å². The van der Waals surface area contributed by atoms with Gasteiger partial charge in [0.15, 0.2) is 5.65 Å². The van der Waals surface area contributed by atoms with E-state index in [1.54, 1.807) is 26.2 Å². The van der Waals surface area contributed by atoms with Crippen molar-refractivity contribution in [3.05, 3.63) is 41.6 Å². The van der Waals surface area contributed by atoms with Crippen LogP contribution in [0.5, 0.6) is 5.75 Å². The number of para-hydroxylation sites is 1. The molecule has 6 heteroatoms. The van der Waals surface area contributed by atoms with Crippen molar-refractivity contribution in [2.75, 3.05) is 7.11 Å². The average Bonchev–Trinajstić information content (AvgIpc) is 2.87. The average molecular weight is 283 g/mol. The third-order valence-electron chi connectivity index (χ3n) is 3.32. The van der Waals surface area contributed by atoms with E-state index in [1.807, 2.05) is 18.2 Å². The summed E-state index contributed by atoms with van der Waals surface area (Å²) in [5.74, 6) is -0.379. The fraction of sp³-hybridized carbons (Fsp3) is 0.133. The largest absolute Gasteiger partial charge is 0.496 e. The van der Waals surface area contributed by atoms with Gasteiger partial charge in [0.2, 0.25) is 0 Å². The molecule has 1 aromatic carbocycles. The maximum Gasteiger partial charge on any atom is 0.336 e. The number of carboxylic acids is 1. The summed E-state index contributed by atoms with van der Waals surface area (Å²) in [5.41, 5.74) is 2.48. The van der Waals surface area contributed by atoms with Crippen molar-refractivity contribution in [3.8, 4) is 17.0 Å². The van der Waals surface area contributed by atoms with E-state index in [2.05, 4.69) is 15.2 Å². The lowest BCUT2D eigenvalue weighted by atomic mass is 10.0. The van der Waals surface area contributed by atoms with Gasteiger partial charge in [0, 0.05) is 11.3 Å². The summed E-state index contributed by atoms with van der Waals surface area (Å²) in [6.45, 7) is 1.77. The van der Waals surface area contributed by atoms with Crippen LogP contribution in [-0.4, -0.2) is 33.4 Å². The second-order valence-corrected chi connectivity index (χ2v) is 4.61. The van der Waals surface area contributed by atoms with Crippen LogP contribution in [0.15, 0.2) is 30.3 Å². The second-order valence-electron chi connectivity index (χ2n) is 4.61. The Balaban J connectivity index is 2.32. The highest BCUT2D eigenvalue weighted by Crippen LogP contribution is 2.31. The van der Waals surface area contributed by atoms with Gasteiger partial charge in [0.1, 0.15) is 5.75 Å². The molecule has 0 spiro atoms. The van der Waals surface area contributed by atoms with Crippen LogP contribution in [0.25, 0.3) is 22.3 Å². The molecule has 2 heterocycles. The summed E-state index contributed by atoms with van der Waals surface area (Å²) < 4.78 is 5.30. The molecular formula is C15H13N3O3. The number of carboxylic acid groups (broad SMARTS) is 1. The molecule has 0 aliphatic carbocycles. The van der Waals surface area contributed by atoms with E-state index >= 15 is 0 Å². The van der Waals surface area contributed by atoms with Crippen molar-refractivity contribution < 1.29 is 14.6 Å². The molecule has 2 aromatic heterocycles. The molecular weight excluding hydrogens is 270 g/mol. The maximum absolute atomic E-state index is 11.5.